The van der Waals surface area contributed by atoms with Crippen molar-refractivity contribution < 1.29 is 4.21 Å². The summed E-state index contributed by atoms with van der Waals surface area (Å²) in [6, 6.07) is 0.947. The molecule has 0 aromatic heterocycles. The van der Waals surface area contributed by atoms with Crippen molar-refractivity contribution in [3.8, 4) is 0 Å². The zero-order chi connectivity index (χ0) is 17.5. The van der Waals surface area contributed by atoms with Gasteiger partial charge in [0, 0.05) is 40.4 Å². The van der Waals surface area contributed by atoms with Gasteiger partial charge in [0.25, 0.3) is 0 Å². The first-order chi connectivity index (χ1) is 11.5. The molecule has 0 saturated heterocycles. The van der Waals surface area contributed by atoms with Crippen molar-refractivity contribution in [2.45, 2.75) is 69.7 Å². The molecule has 0 aromatic carbocycles. The normalized spacial score (nSPS) is 27.8. The zero-order valence-electron chi connectivity index (χ0n) is 15.9. The molecule has 0 spiro atoms. The van der Waals surface area contributed by atoms with Gasteiger partial charge in [0.1, 0.15) is 0 Å². The van der Waals surface area contributed by atoms with Crippen LogP contribution in [-0.4, -0.2) is 65.3 Å². The van der Waals surface area contributed by atoms with Crippen molar-refractivity contribution in [3.05, 3.63) is 0 Å². The molecule has 2 N–H and O–H groups in total. The smallest absolute Gasteiger partial charge is 0.191 e. The maximum Gasteiger partial charge on any atom is 0.191 e. The molecule has 0 radical (unpaired) electrons. The Balaban J connectivity index is 1.91. The minimum absolute atomic E-state index is 0.352. The highest BCUT2D eigenvalue weighted by Crippen LogP contribution is 2.34. The zero-order valence-corrected chi connectivity index (χ0v) is 16.7. The van der Waals surface area contributed by atoms with E-state index in [2.05, 4.69) is 36.6 Å². The van der Waals surface area contributed by atoms with Crippen LogP contribution in [0.15, 0.2) is 4.99 Å². The molecule has 24 heavy (non-hydrogen) atoms. The van der Waals surface area contributed by atoms with Gasteiger partial charge in [-0.3, -0.25) is 9.20 Å². The first-order valence-electron chi connectivity index (χ1n) is 9.63. The van der Waals surface area contributed by atoms with Gasteiger partial charge in [-0.05, 0) is 59.0 Å². The quantitative estimate of drug-likeness (QED) is 0.516. The van der Waals surface area contributed by atoms with E-state index in [0.717, 1.165) is 56.4 Å². The lowest BCUT2D eigenvalue weighted by Crippen LogP contribution is -2.47. The molecule has 0 amide bonds. The highest BCUT2D eigenvalue weighted by Gasteiger charge is 2.32. The predicted molar refractivity (Wildman–Crippen MR) is 104 cm³/mol. The molecular weight excluding hydrogens is 320 g/mol. The molecule has 2 fully saturated rings. The summed E-state index contributed by atoms with van der Waals surface area (Å²) in [5.74, 6) is 2.52. The molecule has 0 aromatic rings. The Hall–Kier alpha value is -0.620. The van der Waals surface area contributed by atoms with Crippen LogP contribution in [0.25, 0.3) is 0 Å². The number of likely N-dealkylation sites (N-methyl/N-ethyl adjacent to an activating group) is 1. The van der Waals surface area contributed by atoms with E-state index in [1.54, 1.807) is 0 Å². The number of hydrogen-bond donors (Lipinski definition) is 2. The first-order valence-corrected chi connectivity index (χ1v) is 11.0. The lowest BCUT2D eigenvalue weighted by Gasteiger charge is -2.30. The summed E-state index contributed by atoms with van der Waals surface area (Å²) in [4.78, 5) is 7.17. The summed E-state index contributed by atoms with van der Waals surface area (Å²) in [7, 11) is 3.64. The van der Waals surface area contributed by atoms with Crippen LogP contribution in [0.4, 0.5) is 0 Å². The Bertz CT molecular complexity index is 435. The van der Waals surface area contributed by atoms with Crippen LogP contribution >= 0.6 is 0 Å². The number of nitrogens with zero attached hydrogens (tertiary/aromatic N) is 2. The van der Waals surface area contributed by atoms with E-state index in [1.807, 2.05) is 6.92 Å². The third kappa shape index (κ3) is 6.03. The monoisotopic (exact) mass is 356 g/mol. The number of nitrogens with one attached hydrogen (secondary N) is 2. The van der Waals surface area contributed by atoms with Crippen molar-refractivity contribution in [2.24, 2.45) is 10.9 Å². The van der Waals surface area contributed by atoms with Gasteiger partial charge in [0.05, 0.1) is 6.54 Å². The van der Waals surface area contributed by atoms with Crippen LogP contribution in [0.3, 0.4) is 0 Å². The van der Waals surface area contributed by atoms with Crippen molar-refractivity contribution >= 4 is 16.8 Å². The molecule has 2 saturated carbocycles. The van der Waals surface area contributed by atoms with Crippen LogP contribution in [0.5, 0.6) is 0 Å². The van der Waals surface area contributed by atoms with Crippen LogP contribution in [0.2, 0.25) is 0 Å². The lowest BCUT2D eigenvalue weighted by molar-refractivity contribution is 0.271. The van der Waals surface area contributed by atoms with E-state index < -0.39 is 10.8 Å². The van der Waals surface area contributed by atoms with Gasteiger partial charge in [0.2, 0.25) is 0 Å². The average molecular weight is 357 g/mol. The summed E-state index contributed by atoms with van der Waals surface area (Å²) in [5.41, 5.74) is 0. The Morgan fingerprint density at radius 2 is 2.00 bits per heavy atom. The van der Waals surface area contributed by atoms with Crippen LogP contribution < -0.4 is 10.6 Å². The SMILES string of the molecule is CCNC(=NCC(C1CC1)N(C)C)NC1CCCC(S(=O)CC)C1. The second-order valence-electron chi connectivity index (χ2n) is 7.39. The third-order valence-corrected chi connectivity index (χ3v) is 6.97. The predicted octanol–water partition coefficient (Wildman–Crippen LogP) is 1.96. The fraction of sp³-hybridized carbons (Fsp3) is 0.944. The molecule has 2 aliphatic rings. The highest BCUT2D eigenvalue weighted by molar-refractivity contribution is 7.85. The van der Waals surface area contributed by atoms with Gasteiger partial charge in [-0.15, -0.1) is 0 Å². The van der Waals surface area contributed by atoms with Crippen LogP contribution in [0.1, 0.15) is 52.4 Å². The molecule has 4 unspecified atom stereocenters. The van der Waals surface area contributed by atoms with Gasteiger partial charge in [-0.25, -0.2) is 0 Å². The lowest BCUT2D eigenvalue weighted by atomic mass is 9.95. The van der Waals surface area contributed by atoms with E-state index in [1.165, 1.54) is 12.8 Å². The van der Waals surface area contributed by atoms with Gasteiger partial charge < -0.3 is 15.5 Å². The van der Waals surface area contributed by atoms with Crippen LogP contribution in [-0.2, 0) is 10.8 Å². The van der Waals surface area contributed by atoms with Crippen molar-refractivity contribution in [2.75, 3.05) is 32.9 Å². The minimum Gasteiger partial charge on any atom is -0.357 e. The van der Waals surface area contributed by atoms with Crippen molar-refractivity contribution in [1.29, 1.82) is 0 Å². The molecule has 6 heteroatoms. The van der Waals surface area contributed by atoms with Gasteiger partial charge >= 0.3 is 0 Å². The minimum atomic E-state index is -0.675. The summed E-state index contributed by atoms with van der Waals surface area (Å²) in [6.45, 7) is 5.86. The Labute approximate surface area is 150 Å². The molecule has 2 aliphatic carbocycles. The van der Waals surface area contributed by atoms with E-state index >= 15 is 0 Å². The molecular formula is C18H36N4OS. The molecule has 0 heterocycles. The van der Waals surface area contributed by atoms with Crippen LogP contribution in [0, 0.1) is 5.92 Å². The molecule has 5 nitrogen and oxygen atoms in total. The standard InChI is InChI=1S/C18H36N4OS/c1-5-19-18(20-13-17(22(3)4)14-10-11-14)21-15-8-7-9-16(12-15)24(23)6-2/h14-17H,5-13H2,1-4H3,(H2,19,20,21). The summed E-state index contributed by atoms with van der Waals surface area (Å²) < 4.78 is 12.1. The van der Waals surface area contributed by atoms with E-state index in [-0.39, 0.29) is 0 Å². The largest absolute Gasteiger partial charge is 0.357 e. The van der Waals surface area contributed by atoms with Crippen molar-refractivity contribution in [1.82, 2.24) is 15.5 Å². The van der Waals surface area contributed by atoms with Crippen molar-refractivity contribution in [3.63, 3.8) is 0 Å². The Morgan fingerprint density at radius 1 is 1.25 bits per heavy atom. The average Bonchev–Trinajstić information content (AvgIpc) is 3.39. The fourth-order valence-electron chi connectivity index (χ4n) is 3.66. The second kappa shape index (κ2) is 9.76. The highest BCUT2D eigenvalue weighted by atomic mass is 32.2. The number of rotatable bonds is 8. The maximum absolute atomic E-state index is 12.1. The molecule has 0 aliphatic heterocycles. The fourth-order valence-corrected chi connectivity index (χ4v) is 5.01. The topological polar surface area (TPSA) is 56.7 Å². The third-order valence-electron chi connectivity index (χ3n) is 5.23. The first kappa shape index (κ1) is 19.7. The molecule has 140 valence electrons. The Morgan fingerprint density at radius 3 is 2.58 bits per heavy atom. The van der Waals surface area contributed by atoms with Gasteiger partial charge in [-0.1, -0.05) is 13.3 Å². The number of hydrogen-bond acceptors (Lipinski definition) is 3. The van der Waals surface area contributed by atoms with E-state index in [9.17, 15) is 4.21 Å². The van der Waals surface area contributed by atoms with E-state index in [4.69, 9.17) is 4.99 Å². The number of aliphatic imine (C=N–C) groups is 1. The molecule has 4 atom stereocenters. The second-order valence-corrected chi connectivity index (χ2v) is 9.39. The van der Waals surface area contributed by atoms with Gasteiger partial charge in [0.15, 0.2) is 5.96 Å². The summed E-state index contributed by atoms with van der Waals surface area (Å²) in [6.07, 6.45) is 7.11. The molecule has 2 rings (SSSR count). The summed E-state index contributed by atoms with van der Waals surface area (Å²) >= 11 is 0. The Kier molecular flexibility index (Phi) is 8.01. The summed E-state index contributed by atoms with van der Waals surface area (Å²) in [5, 5.41) is 7.34. The molecule has 0 bridgehead atoms. The maximum atomic E-state index is 12.1. The number of guanidine groups is 1. The van der Waals surface area contributed by atoms with Gasteiger partial charge in [-0.2, -0.15) is 0 Å². The van der Waals surface area contributed by atoms with E-state index in [0.29, 0.717) is 17.3 Å².